The lowest BCUT2D eigenvalue weighted by Crippen LogP contribution is -3.00. The Morgan fingerprint density at radius 1 is 1.42 bits per heavy atom. The van der Waals surface area contributed by atoms with E-state index in [-0.39, 0.29) is 24.0 Å². The van der Waals surface area contributed by atoms with Crippen molar-refractivity contribution in [3.8, 4) is 0 Å². The van der Waals surface area contributed by atoms with Crippen LogP contribution in [0.2, 0.25) is 0 Å². The normalized spacial score (nSPS) is 23.3. The highest BCUT2D eigenvalue weighted by Crippen LogP contribution is 2.25. The molecule has 0 aromatic carbocycles. The maximum absolute atomic E-state index is 2.39. The molecule has 2 heteroatoms. The minimum Gasteiger partial charge on any atom is -1.00 e. The standard InChI is InChI=1S/C10H20N.HI/c1-9-5-6-10(7-9)8-11(2,3)4;/h5,10H,6-8H2,1-4H3;1H/q+1;/p-1. The van der Waals surface area contributed by atoms with Crippen LogP contribution < -0.4 is 24.0 Å². The van der Waals surface area contributed by atoms with Crippen LogP contribution in [0, 0.1) is 5.92 Å². The maximum atomic E-state index is 2.39. The topological polar surface area (TPSA) is 0 Å². The summed E-state index contributed by atoms with van der Waals surface area (Å²) in [4.78, 5) is 0. The molecule has 72 valence electrons. The molecule has 0 aliphatic heterocycles. The molecule has 1 rings (SSSR count). The summed E-state index contributed by atoms with van der Waals surface area (Å²) in [5.41, 5.74) is 1.59. The van der Waals surface area contributed by atoms with E-state index in [1.54, 1.807) is 5.57 Å². The molecular formula is C10H20IN. The number of hydrogen-bond acceptors (Lipinski definition) is 0. The Balaban J connectivity index is 0.00000121. The van der Waals surface area contributed by atoms with Gasteiger partial charge in [0.1, 0.15) is 0 Å². The lowest BCUT2D eigenvalue weighted by molar-refractivity contribution is -0.873. The van der Waals surface area contributed by atoms with Crippen LogP contribution in [0.5, 0.6) is 0 Å². The molecule has 1 aliphatic carbocycles. The van der Waals surface area contributed by atoms with Crippen molar-refractivity contribution in [1.29, 1.82) is 0 Å². The van der Waals surface area contributed by atoms with E-state index in [4.69, 9.17) is 0 Å². The van der Waals surface area contributed by atoms with Gasteiger partial charge < -0.3 is 28.5 Å². The van der Waals surface area contributed by atoms with Gasteiger partial charge in [0, 0.05) is 5.92 Å². The molecular weight excluding hydrogens is 261 g/mol. The summed E-state index contributed by atoms with van der Waals surface area (Å²) >= 11 is 0. The van der Waals surface area contributed by atoms with Crippen LogP contribution in [0.15, 0.2) is 11.6 Å². The van der Waals surface area contributed by atoms with Crippen molar-refractivity contribution in [3.05, 3.63) is 11.6 Å². The molecule has 1 atom stereocenters. The van der Waals surface area contributed by atoms with E-state index in [1.165, 1.54) is 19.4 Å². The smallest absolute Gasteiger partial charge is 0.0815 e. The third-order valence-electron chi connectivity index (χ3n) is 2.22. The molecule has 1 unspecified atom stereocenters. The van der Waals surface area contributed by atoms with Gasteiger partial charge >= 0.3 is 0 Å². The molecule has 0 bridgehead atoms. The molecule has 0 aromatic heterocycles. The van der Waals surface area contributed by atoms with Crippen molar-refractivity contribution < 1.29 is 28.5 Å². The first-order valence-electron chi connectivity index (χ1n) is 4.43. The maximum Gasteiger partial charge on any atom is 0.0815 e. The van der Waals surface area contributed by atoms with Gasteiger partial charge in [0.05, 0.1) is 27.7 Å². The molecule has 0 radical (unpaired) electrons. The van der Waals surface area contributed by atoms with Gasteiger partial charge in [-0.3, -0.25) is 0 Å². The Kier molecular flexibility index (Phi) is 4.77. The third-order valence-corrected chi connectivity index (χ3v) is 2.22. The Hall–Kier alpha value is 0.430. The van der Waals surface area contributed by atoms with Crippen molar-refractivity contribution in [3.63, 3.8) is 0 Å². The number of allylic oxidation sites excluding steroid dienone is 2. The van der Waals surface area contributed by atoms with Gasteiger partial charge in [0.2, 0.25) is 0 Å². The Morgan fingerprint density at radius 3 is 2.33 bits per heavy atom. The summed E-state index contributed by atoms with van der Waals surface area (Å²) in [7, 11) is 6.81. The van der Waals surface area contributed by atoms with Gasteiger partial charge in [0.25, 0.3) is 0 Å². The van der Waals surface area contributed by atoms with Gasteiger partial charge in [-0.15, -0.1) is 0 Å². The SMILES string of the molecule is CC1=CCC(C[N+](C)(C)C)C1.[I-]. The number of hydrogen-bond donors (Lipinski definition) is 0. The molecule has 0 N–H and O–H groups in total. The summed E-state index contributed by atoms with van der Waals surface area (Å²) in [6.07, 6.45) is 5.02. The van der Waals surface area contributed by atoms with Gasteiger partial charge in [-0.05, 0) is 19.8 Å². The van der Waals surface area contributed by atoms with Crippen LogP contribution in [-0.4, -0.2) is 32.2 Å². The molecule has 0 aromatic rings. The highest BCUT2D eigenvalue weighted by atomic mass is 127. The van der Waals surface area contributed by atoms with Crippen molar-refractivity contribution in [2.24, 2.45) is 5.92 Å². The number of quaternary nitrogens is 1. The predicted molar refractivity (Wildman–Crippen MR) is 49.4 cm³/mol. The fourth-order valence-corrected chi connectivity index (χ4v) is 1.90. The molecule has 0 heterocycles. The van der Waals surface area contributed by atoms with Crippen LogP contribution in [-0.2, 0) is 0 Å². The van der Waals surface area contributed by atoms with Gasteiger partial charge in [-0.1, -0.05) is 11.6 Å². The Morgan fingerprint density at radius 2 is 2.00 bits per heavy atom. The van der Waals surface area contributed by atoms with Crippen molar-refractivity contribution in [2.45, 2.75) is 19.8 Å². The monoisotopic (exact) mass is 281 g/mol. The third kappa shape index (κ3) is 4.45. The lowest BCUT2D eigenvalue weighted by Gasteiger charge is -2.27. The average molecular weight is 281 g/mol. The van der Waals surface area contributed by atoms with Gasteiger partial charge in [-0.2, -0.15) is 0 Å². The fourth-order valence-electron chi connectivity index (χ4n) is 1.90. The zero-order chi connectivity index (χ0) is 8.48. The summed E-state index contributed by atoms with van der Waals surface area (Å²) in [6.45, 7) is 3.56. The molecule has 1 nitrogen and oxygen atoms in total. The van der Waals surface area contributed by atoms with Crippen molar-refractivity contribution >= 4 is 0 Å². The number of halogens is 1. The first-order chi connectivity index (χ1) is 4.97. The second-order valence-corrected chi connectivity index (χ2v) is 4.83. The summed E-state index contributed by atoms with van der Waals surface area (Å²) in [5.74, 6) is 0.912. The highest BCUT2D eigenvalue weighted by Gasteiger charge is 2.20. The van der Waals surface area contributed by atoms with E-state index in [9.17, 15) is 0 Å². The fraction of sp³-hybridized carbons (Fsp3) is 0.800. The van der Waals surface area contributed by atoms with Crippen LogP contribution in [0.4, 0.5) is 0 Å². The highest BCUT2D eigenvalue weighted by molar-refractivity contribution is 5.06. The summed E-state index contributed by atoms with van der Waals surface area (Å²) in [6, 6.07) is 0. The van der Waals surface area contributed by atoms with Gasteiger partial charge in [0.15, 0.2) is 0 Å². The minimum absolute atomic E-state index is 0. The van der Waals surface area contributed by atoms with Crippen LogP contribution in [0.25, 0.3) is 0 Å². The Bertz CT molecular complexity index is 167. The molecule has 0 saturated carbocycles. The molecule has 0 amide bonds. The molecule has 12 heavy (non-hydrogen) atoms. The lowest BCUT2D eigenvalue weighted by atomic mass is 10.1. The van der Waals surface area contributed by atoms with E-state index >= 15 is 0 Å². The molecule has 0 spiro atoms. The van der Waals surface area contributed by atoms with E-state index in [1.807, 2.05) is 0 Å². The van der Waals surface area contributed by atoms with Crippen molar-refractivity contribution in [1.82, 2.24) is 0 Å². The zero-order valence-electron chi connectivity index (χ0n) is 8.60. The second-order valence-electron chi connectivity index (χ2n) is 4.83. The first kappa shape index (κ1) is 12.4. The average Bonchev–Trinajstić information content (AvgIpc) is 2.10. The van der Waals surface area contributed by atoms with Gasteiger partial charge in [-0.25, -0.2) is 0 Å². The predicted octanol–water partition coefficient (Wildman–Crippen LogP) is -0.947. The first-order valence-corrected chi connectivity index (χ1v) is 4.43. The van der Waals surface area contributed by atoms with E-state index in [0.717, 1.165) is 10.4 Å². The van der Waals surface area contributed by atoms with Crippen LogP contribution in [0.1, 0.15) is 19.8 Å². The number of nitrogens with zero attached hydrogens (tertiary/aromatic N) is 1. The summed E-state index contributed by atoms with van der Waals surface area (Å²) < 4.78 is 1.10. The second kappa shape index (κ2) is 4.61. The summed E-state index contributed by atoms with van der Waals surface area (Å²) in [5, 5.41) is 0. The van der Waals surface area contributed by atoms with E-state index in [2.05, 4.69) is 34.1 Å². The Labute approximate surface area is 93.4 Å². The van der Waals surface area contributed by atoms with Crippen LogP contribution >= 0.6 is 0 Å². The number of rotatable bonds is 2. The largest absolute Gasteiger partial charge is 1.00 e. The minimum atomic E-state index is 0. The van der Waals surface area contributed by atoms with E-state index < -0.39 is 0 Å². The molecule has 0 saturated heterocycles. The molecule has 1 aliphatic rings. The zero-order valence-corrected chi connectivity index (χ0v) is 10.8. The quantitative estimate of drug-likeness (QED) is 0.348. The van der Waals surface area contributed by atoms with E-state index in [0.29, 0.717) is 0 Å². The molecule has 0 fully saturated rings. The van der Waals surface area contributed by atoms with Crippen molar-refractivity contribution in [2.75, 3.05) is 27.7 Å². The van der Waals surface area contributed by atoms with Crippen LogP contribution in [0.3, 0.4) is 0 Å².